The number of rotatable bonds is 6. The minimum absolute atomic E-state index is 0.0850. The number of amides is 1. The van der Waals surface area contributed by atoms with E-state index in [9.17, 15) is 4.79 Å². The van der Waals surface area contributed by atoms with Gasteiger partial charge in [0, 0.05) is 47.8 Å². The van der Waals surface area contributed by atoms with Gasteiger partial charge in [-0.2, -0.15) is 5.10 Å². The van der Waals surface area contributed by atoms with E-state index in [1.807, 2.05) is 68.0 Å². The van der Waals surface area contributed by atoms with E-state index in [1.165, 1.54) is 5.56 Å². The zero-order valence-corrected chi connectivity index (χ0v) is 19.2. The van der Waals surface area contributed by atoms with Gasteiger partial charge in [0.05, 0.1) is 30.8 Å². The number of aromatic nitrogens is 5. The predicted molar refractivity (Wildman–Crippen MR) is 133 cm³/mol. The summed E-state index contributed by atoms with van der Waals surface area (Å²) in [5.41, 5.74) is 7.45. The van der Waals surface area contributed by atoms with Crippen molar-refractivity contribution in [3.63, 3.8) is 0 Å². The van der Waals surface area contributed by atoms with Crippen molar-refractivity contribution in [2.45, 2.75) is 12.5 Å². The summed E-state index contributed by atoms with van der Waals surface area (Å²) in [5, 5.41) is 8.20. The van der Waals surface area contributed by atoms with E-state index >= 15 is 0 Å². The van der Waals surface area contributed by atoms with Gasteiger partial charge in [0.2, 0.25) is 0 Å². The van der Waals surface area contributed by atoms with Gasteiger partial charge in [0.15, 0.2) is 0 Å². The van der Waals surface area contributed by atoms with Crippen LogP contribution in [0.4, 0.5) is 0 Å². The summed E-state index contributed by atoms with van der Waals surface area (Å²) in [5.74, 6) is 0.369. The van der Waals surface area contributed by atoms with E-state index in [0.29, 0.717) is 18.0 Å². The zero-order valence-electron chi connectivity index (χ0n) is 19.2. The standard InChI is InChI=1S/C27H24N6O2/c1-33-13-21(12-31-33)24-10-23-25(29-16-30-26(23)32-24)19-4-2-17(3-5-19)11-28-27(34)20-8-6-18(7-9-20)22-14-35-15-22/h2-10,12-13,16,22H,11,14-15H2,1H3,(H,28,34)(H,29,30,32). The van der Waals surface area contributed by atoms with E-state index < -0.39 is 0 Å². The van der Waals surface area contributed by atoms with Crippen molar-refractivity contribution in [1.82, 2.24) is 30.0 Å². The Balaban J connectivity index is 1.15. The Kier molecular flexibility index (Phi) is 5.35. The molecule has 0 saturated carbocycles. The fourth-order valence-electron chi connectivity index (χ4n) is 4.29. The number of H-pyrrole nitrogens is 1. The highest BCUT2D eigenvalue weighted by Crippen LogP contribution is 2.30. The Morgan fingerprint density at radius 1 is 1.09 bits per heavy atom. The van der Waals surface area contributed by atoms with Crippen LogP contribution in [0.25, 0.3) is 33.5 Å². The summed E-state index contributed by atoms with van der Waals surface area (Å²) in [4.78, 5) is 24.9. The van der Waals surface area contributed by atoms with Gasteiger partial charge in [-0.15, -0.1) is 0 Å². The third kappa shape index (κ3) is 4.20. The number of carbonyl (C=O) groups excluding carboxylic acids is 1. The molecule has 1 saturated heterocycles. The van der Waals surface area contributed by atoms with Crippen LogP contribution in [0.3, 0.4) is 0 Å². The van der Waals surface area contributed by atoms with Gasteiger partial charge >= 0.3 is 0 Å². The molecular weight excluding hydrogens is 440 g/mol. The lowest BCUT2D eigenvalue weighted by Gasteiger charge is -2.26. The van der Waals surface area contributed by atoms with Gasteiger partial charge in [-0.3, -0.25) is 9.48 Å². The number of hydrogen-bond donors (Lipinski definition) is 2. The molecule has 5 aromatic rings. The molecule has 2 N–H and O–H groups in total. The molecule has 3 aromatic heterocycles. The summed E-state index contributed by atoms with van der Waals surface area (Å²) in [6, 6.07) is 17.9. The van der Waals surface area contributed by atoms with E-state index in [2.05, 4.69) is 31.4 Å². The second-order valence-corrected chi connectivity index (χ2v) is 8.81. The van der Waals surface area contributed by atoms with Gasteiger partial charge in [-0.05, 0) is 29.3 Å². The molecule has 1 amide bonds. The van der Waals surface area contributed by atoms with Crippen molar-refractivity contribution in [3.8, 4) is 22.5 Å². The topological polar surface area (TPSA) is 97.7 Å². The number of nitrogens with zero attached hydrogens (tertiary/aromatic N) is 4. The summed E-state index contributed by atoms with van der Waals surface area (Å²) in [6.07, 6.45) is 5.34. The average Bonchev–Trinajstić information content (AvgIpc) is 3.48. The molecule has 8 nitrogen and oxygen atoms in total. The Morgan fingerprint density at radius 3 is 2.57 bits per heavy atom. The number of carbonyl (C=O) groups is 1. The highest BCUT2D eigenvalue weighted by atomic mass is 16.5. The molecule has 174 valence electrons. The van der Waals surface area contributed by atoms with Gasteiger partial charge in [-0.1, -0.05) is 36.4 Å². The molecule has 35 heavy (non-hydrogen) atoms. The largest absolute Gasteiger partial charge is 0.380 e. The molecule has 0 atom stereocenters. The number of hydrogen-bond acceptors (Lipinski definition) is 5. The van der Waals surface area contributed by atoms with E-state index in [4.69, 9.17) is 4.74 Å². The minimum atomic E-state index is -0.0850. The molecule has 1 aliphatic rings. The molecule has 2 aromatic carbocycles. The molecule has 1 aliphatic heterocycles. The fraction of sp³-hybridized carbons (Fsp3) is 0.185. The normalized spacial score (nSPS) is 13.6. The fourth-order valence-corrected chi connectivity index (χ4v) is 4.29. The first-order valence-corrected chi connectivity index (χ1v) is 11.5. The maximum atomic E-state index is 12.6. The van der Waals surface area contributed by atoms with Crippen LogP contribution in [0.15, 0.2) is 73.3 Å². The van der Waals surface area contributed by atoms with Crippen LogP contribution in [0.5, 0.6) is 0 Å². The van der Waals surface area contributed by atoms with Crippen molar-refractivity contribution in [1.29, 1.82) is 0 Å². The number of nitrogens with one attached hydrogen (secondary N) is 2. The third-order valence-corrected chi connectivity index (χ3v) is 6.40. The first-order chi connectivity index (χ1) is 17.1. The van der Waals surface area contributed by atoms with Gasteiger partial charge in [0.1, 0.15) is 12.0 Å². The molecule has 6 rings (SSSR count). The Labute approximate surface area is 202 Å². The SMILES string of the molecule is Cn1cc(-c2cc3c(-c4ccc(CNC(=O)c5ccc(C6COC6)cc5)cc4)ncnc3[nH]2)cn1. The van der Waals surface area contributed by atoms with Gasteiger partial charge in [-0.25, -0.2) is 9.97 Å². The van der Waals surface area contributed by atoms with Crippen LogP contribution < -0.4 is 5.32 Å². The second-order valence-electron chi connectivity index (χ2n) is 8.81. The number of fused-ring (bicyclic) bond motifs is 1. The quantitative estimate of drug-likeness (QED) is 0.395. The molecule has 0 aliphatic carbocycles. The average molecular weight is 465 g/mol. The van der Waals surface area contributed by atoms with Crippen LogP contribution in [-0.2, 0) is 18.3 Å². The maximum absolute atomic E-state index is 12.6. The van der Waals surface area contributed by atoms with E-state index in [-0.39, 0.29) is 5.91 Å². The summed E-state index contributed by atoms with van der Waals surface area (Å²) in [7, 11) is 1.89. The van der Waals surface area contributed by atoms with Gasteiger partial charge in [0.25, 0.3) is 5.91 Å². The Bertz CT molecular complexity index is 1500. The highest BCUT2D eigenvalue weighted by molar-refractivity contribution is 5.95. The lowest BCUT2D eigenvalue weighted by Crippen LogP contribution is -2.25. The Hall–Kier alpha value is -4.30. The molecule has 0 radical (unpaired) electrons. The summed E-state index contributed by atoms with van der Waals surface area (Å²) in [6.45, 7) is 1.97. The van der Waals surface area contributed by atoms with Crippen LogP contribution in [0.1, 0.15) is 27.4 Å². The van der Waals surface area contributed by atoms with Crippen LogP contribution >= 0.6 is 0 Å². The Morgan fingerprint density at radius 2 is 1.89 bits per heavy atom. The number of ether oxygens (including phenoxy) is 1. The number of aromatic amines is 1. The lowest BCUT2D eigenvalue weighted by atomic mass is 9.96. The first-order valence-electron chi connectivity index (χ1n) is 11.5. The van der Waals surface area contributed by atoms with E-state index in [1.54, 1.807) is 11.0 Å². The molecule has 1 fully saturated rings. The predicted octanol–water partition coefficient (Wildman–Crippen LogP) is 4.07. The van der Waals surface area contributed by atoms with Crippen LogP contribution in [-0.4, -0.2) is 43.9 Å². The van der Waals surface area contributed by atoms with E-state index in [0.717, 1.165) is 52.3 Å². The monoisotopic (exact) mass is 464 g/mol. The molecule has 0 unspecified atom stereocenters. The zero-order chi connectivity index (χ0) is 23.8. The van der Waals surface area contributed by atoms with Gasteiger partial charge < -0.3 is 15.0 Å². The second kappa shape index (κ2) is 8.81. The van der Waals surface area contributed by atoms with Crippen molar-refractivity contribution in [3.05, 3.63) is 90.0 Å². The number of aryl methyl sites for hydroxylation is 1. The highest BCUT2D eigenvalue weighted by Gasteiger charge is 2.20. The summed E-state index contributed by atoms with van der Waals surface area (Å²) < 4.78 is 7.01. The van der Waals surface area contributed by atoms with Crippen molar-refractivity contribution in [2.75, 3.05) is 13.2 Å². The molecule has 8 heteroatoms. The van der Waals surface area contributed by atoms with Crippen molar-refractivity contribution in [2.24, 2.45) is 7.05 Å². The third-order valence-electron chi connectivity index (χ3n) is 6.40. The lowest BCUT2D eigenvalue weighted by molar-refractivity contribution is 0.00842. The minimum Gasteiger partial charge on any atom is -0.380 e. The smallest absolute Gasteiger partial charge is 0.251 e. The molecular formula is C27H24N6O2. The van der Waals surface area contributed by atoms with Crippen LogP contribution in [0, 0.1) is 0 Å². The summed E-state index contributed by atoms with van der Waals surface area (Å²) >= 11 is 0. The number of benzene rings is 2. The molecule has 4 heterocycles. The molecule has 0 bridgehead atoms. The van der Waals surface area contributed by atoms with Crippen molar-refractivity contribution < 1.29 is 9.53 Å². The van der Waals surface area contributed by atoms with Crippen LogP contribution in [0.2, 0.25) is 0 Å². The first kappa shape index (κ1) is 21.2. The van der Waals surface area contributed by atoms with Crippen molar-refractivity contribution >= 4 is 16.9 Å². The molecule has 0 spiro atoms. The maximum Gasteiger partial charge on any atom is 0.251 e.